The Balaban J connectivity index is 1.65. The number of aryl methyl sites for hydroxylation is 1. The summed E-state index contributed by atoms with van der Waals surface area (Å²) in [7, 11) is 0. The molecule has 1 N–H and O–H groups in total. The summed E-state index contributed by atoms with van der Waals surface area (Å²) < 4.78 is 11.3. The standard InChI is InChI=1S/C16H17NO3/c1-11-15(18)14-13(9-17-11)10-20-16(14)19-8-7-12-5-3-2-4-6-12/h2-6,9,16,18H,7-8,10H2,1H3. The zero-order valence-corrected chi connectivity index (χ0v) is 11.4. The molecule has 1 unspecified atom stereocenters. The molecule has 0 bridgehead atoms. The van der Waals surface area contributed by atoms with Crippen molar-refractivity contribution in [3.05, 3.63) is 58.9 Å². The molecule has 0 fully saturated rings. The van der Waals surface area contributed by atoms with Gasteiger partial charge in [-0.25, -0.2) is 0 Å². The number of pyridine rings is 1. The predicted molar refractivity (Wildman–Crippen MR) is 74.3 cm³/mol. The SMILES string of the molecule is Cc1ncc2c(c1O)C(OCCc1ccccc1)OC2. The van der Waals surface area contributed by atoms with E-state index in [2.05, 4.69) is 17.1 Å². The van der Waals surface area contributed by atoms with Crippen LogP contribution >= 0.6 is 0 Å². The molecule has 1 aliphatic heterocycles. The van der Waals surface area contributed by atoms with Crippen molar-refractivity contribution in [2.24, 2.45) is 0 Å². The fourth-order valence-corrected chi connectivity index (χ4v) is 2.34. The molecule has 0 amide bonds. The van der Waals surface area contributed by atoms with Gasteiger partial charge >= 0.3 is 0 Å². The molecule has 1 aliphatic rings. The lowest BCUT2D eigenvalue weighted by Crippen LogP contribution is -2.06. The molecule has 0 saturated carbocycles. The highest BCUT2D eigenvalue weighted by Gasteiger charge is 2.28. The number of aromatic nitrogens is 1. The highest BCUT2D eigenvalue weighted by molar-refractivity contribution is 5.43. The number of hydrogen-bond acceptors (Lipinski definition) is 4. The van der Waals surface area contributed by atoms with Gasteiger partial charge < -0.3 is 14.6 Å². The summed E-state index contributed by atoms with van der Waals surface area (Å²) >= 11 is 0. The van der Waals surface area contributed by atoms with E-state index in [-0.39, 0.29) is 5.75 Å². The Bertz CT molecular complexity index is 598. The number of rotatable bonds is 4. The summed E-state index contributed by atoms with van der Waals surface area (Å²) in [6.07, 6.45) is 2.07. The van der Waals surface area contributed by atoms with Crippen molar-refractivity contribution < 1.29 is 14.6 Å². The number of ether oxygens (including phenoxy) is 2. The van der Waals surface area contributed by atoms with Gasteiger partial charge in [0.1, 0.15) is 5.75 Å². The van der Waals surface area contributed by atoms with E-state index in [1.54, 1.807) is 13.1 Å². The summed E-state index contributed by atoms with van der Waals surface area (Å²) in [4.78, 5) is 4.13. The second-order valence-electron chi connectivity index (χ2n) is 4.88. The third-order valence-electron chi connectivity index (χ3n) is 3.49. The van der Waals surface area contributed by atoms with Crippen LogP contribution in [0.25, 0.3) is 0 Å². The lowest BCUT2D eigenvalue weighted by atomic mass is 10.1. The molecule has 20 heavy (non-hydrogen) atoms. The molecule has 1 aromatic heterocycles. The van der Waals surface area contributed by atoms with Gasteiger partial charge in [-0.15, -0.1) is 0 Å². The maximum atomic E-state index is 10.1. The molecule has 0 aliphatic carbocycles. The lowest BCUT2D eigenvalue weighted by molar-refractivity contribution is -0.138. The van der Waals surface area contributed by atoms with Crippen LogP contribution in [-0.2, 0) is 22.5 Å². The second-order valence-corrected chi connectivity index (χ2v) is 4.88. The Labute approximate surface area is 118 Å². The first kappa shape index (κ1) is 13.1. The third kappa shape index (κ3) is 2.53. The molecular weight excluding hydrogens is 254 g/mol. The summed E-state index contributed by atoms with van der Waals surface area (Å²) in [6.45, 7) is 2.76. The van der Waals surface area contributed by atoms with E-state index in [9.17, 15) is 5.11 Å². The lowest BCUT2D eigenvalue weighted by Gasteiger charge is -2.14. The fourth-order valence-electron chi connectivity index (χ4n) is 2.34. The van der Waals surface area contributed by atoms with Crippen LogP contribution in [0.1, 0.15) is 28.7 Å². The topological polar surface area (TPSA) is 51.6 Å². The minimum Gasteiger partial charge on any atom is -0.506 e. The van der Waals surface area contributed by atoms with Crippen molar-refractivity contribution in [2.75, 3.05) is 6.61 Å². The van der Waals surface area contributed by atoms with Gasteiger partial charge in [-0.3, -0.25) is 4.98 Å². The van der Waals surface area contributed by atoms with Gasteiger partial charge in [0.2, 0.25) is 0 Å². The maximum Gasteiger partial charge on any atom is 0.188 e. The molecule has 0 spiro atoms. The van der Waals surface area contributed by atoms with Crippen LogP contribution in [0, 0.1) is 6.92 Å². The van der Waals surface area contributed by atoms with Gasteiger partial charge in [0.05, 0.1) is 24.5 Å². The molecule has 104 valence electrons. The number of benzene rings is 1. The number of nitrogens with zero attached hydrogens (tertiary/aromatic N) is 1. The Morgan fingerprint density at radius 2 is 2.15 bits per heavy atom. The number of aromatic hydroxyl groups is 1. The van der Waals surface area contributed by atoms with E-state index in [1.165, 1.54) is 5.56 Å². The van der Waals surface area contributed by atoms with Gasteiger partial charge in [-0.2, -0.15) is 0 Å². The van der Waals surface area contributed by atoms with Crippen molar-refractivity contribution >= 4 is 0 Å². The minimum absolute atomic E-state index is 0.185. The van der Waals surface area contributed by atoms with Crippen LogP contribution in [0.5, 0.6) is 5.75 Å². The summed E-state index contributed by atoms with van der Waals surface area (Å²) in [5, 5.41) is 10.1. The predicted octanol–water partition coefficient (Wildman–Crippen LogP) is 2.88. The Kier molecular flexibility index (Phi) is 3.67. The van der Waals surface area contributed by atoms with Crippen molar-refractivity contribution in [2.45, 2.75) is 26.2 Å². The van der Waals surface area contributed by atoms with E-state index in [4.69, 9.17) is 9.47 Å². The molecule has 3 rings (SSSR count). The molecule has 0 saturated heterocycles. The molecular formula is C16H17NO3. The van der Waals surface area contributed by atoms with Gasteiger partial charge in [-0.1, -0.05) is 30.3 Å². The molecule has 0 radical (unpaired) electrons. The minimum atomic E-state index is -0.490. The van der Waals surface area contributed by atoms with Crippen LogP contribution in [0.2, 0.25) is 0 Å². The number of fused-ring (bicyclic) bond motifs is 1. The van der Waals surface area contributed by atoms with Crippen LogP contribution in [0.15, 0.2) is 36.5 Å². The van der Waals surface area contributed by atoms with Crippen molar-refractivity contribution in [3.8, 4) is 5.75 Å². The van der Waals surface area contributed by atoms with Gasteiger partial charge in [0, 0.05) is 11.8 Å². The summed E-state index contributed by atoms with van der Waals surface area (Å²) in [5.41, 5.74) is 3.45. The molecule has 1 atom stereocenters. The van der Waals surface area contributed by atoms with Gasteiger partial charge in [0.25, 0.3) is 0 Å². The summed E-state index contributed by atoms with van der Waals surface area (Å²) in [5.74, 6) is 0.185. The van der Waals surface area contributed by atoms with Crippen LogP contribution < -0.4 is 0 Å². The molecule has 2 heterocycles. The maximum absolute atomic E-state index is 10.1. The highest BCUT2D eigenvalue weighted by atomic mass is 16.7. The zero-order valence-electron chi connectivity index (χ0n) is 11.4. The molecule has 1 aromatic carbocycles. The van der Waals surface area contributed by atoms with E-state index >= 15 is 0 Å². The molecule has 4 nitrogen and oxygen atoms in total. The average molecular weight is 271 g/mol. The smallest absolute Gasteiger partial charge is 0.188 e. The van der Waals surface area contributed by atoms with Crippen molar-refractivity contribution in [1.29, 1.82) is 0 Å². The van der Waals surface area contributed by atoms with Gasteiger partial charge in [0.15, 0.2) is 6.29 Å². The van der Waals surface area contributed by atoms with Crippen molar-refractivity contribution in [1.82, 2.24) is 4.98 Å². The van der Waals surface area contributed by atoms with E-state index in [0.717, 1.165) is 17.5 Å². The highest BCUT2D eigenvalue weighted by Crippen LogP contribution is 2.38. The van der Waals surface area contributed by atoms with Crippen molar-refractivity contribution in [3.63, 3.8) is 0 Å². The molecule has 2 aromatic rings. The Hall–Kier alpha value is -1.91. The monoisotopic (exact) mass is 271 g/mol. The first-order valence-electron chi connectivity index (χ1n) is 6.70. The largest absolute Gasteiger partial charge is 0.506 e. The normalized spacial score (nSPS) is 17.1. The Morgan fingerprint density at radius 3 is 2.95 bits per heavy atom. The van der Waals surface area contributed by atoms with Crippen LogP contribution in [0.3, 0.4) is 0 Å². The van der Waals surface area contributed by atoms with Crippen LogP contribution in [0.4, 0.5) is 0 Å². The average Bonchev–Trinajstić information content (AvgIpc) is 2.88. The fraction of sp³-hybridized carbons (Fsp3) is 0.312. The summed E-state index contributed by atoms with van der Waals surface area (Å²) in [6, 6.07) is 10.2. The second kappa shape index (κ2) is 5.61. The first-order chi connectivity index (χ1) is 9.75. The van der Waals surface area contributed by atoms with E-state index in [1.807, 2.05) is 18.2 Å². The Morgan fingerprint density at radius 1 is 1.35 bits per heavy atom. The zero-order chi connectivity index (χ0) is 13.9. The number of hydrogen-bond donors (Lipinski definition) is 1. The van der Waals surface area contributed by atoms with Crippen LogP contribution in [-0.4, -0.2) is 16.7 Å². The molecule has 4 heteroatoms. The van der Waals surface area contributed by atoms with E-state index in [0.29, 0.717) is 18.9 Å². The first-order valence-corrected chi connectivity index (χ1v) is 6.70. The van der Waals surface area contributed by atoms with Gasteiger partial charge in [-0.05, 0) is 18.9 Å². The van der Waals surface area contributed by atoms with E-state index < -0.39 is 6.29 Å². The third-order valence-corrected chi connectivity index (χ3v) is 3.49. The quantitative estimate of drug-likeness (QED) is 0.929.